The Balaban J connectivity index is 1.23. The quantitative estimate of drug-likeness (QED) is 0.201. The van der Waals surface area contributed by atoms with E-state index in [1.165, 1.54) is 0 Å². The van der Waals surface area contributed by atoms with E-state index in [-0.39, 0.29) is 50.6 Å². The van der Waals surface area contributed by atoms with Gasteiger partial charge in [0.25, 0.3) is 0 Å². The molecule has 0 spiro atoms. The van der Waals surface area contributed by atoms with Crippen molar-refractivity contribution in [1.82, 2.24) is 4.98 Å². The van der Waals surface area contributed by atoms with Crippen LogP contribution in [-0.2, 0) is 0 Å². The van der Waals surface area contributed by atoms with Crippen molar-refractivity contribution < 1.29 is 19.8 Å². The molecule has 0 amide bonds. The summed E-state index contributed by atoms with van der Waals surface area (Å²) < 4.78 is 80.8. The fourth-order valence-electron chi connectivity index (χ4n) is 5.76. The number of furan rings is 1. The van der Waals surface area contributed by atoms with Gasteiger partial charge in [0.05, 0.1) is 11.0 Å². The predicted molar refractivity (Wildman–Crippen MR) is 176 cm³/mol. The summed E-state index contributed by atoms with van der Waals surface area (Å²) in [5.74, 6) is 0.125. The summed E-state index contributed by atoms with van der Waals surface area (Å²) >= 11 is 0. The monoisotopic (exact) mass is 560 g/mol. The van der Waals surface area contributed by atoms with Gasteiger partial charge in [-0.05, 0) is 65.4 Å². The van der Waals surface area contributed by atoms with E-state index in [9.17, 15) is 0 Å². The van der Waals surface area contributed by atoms with Crippen molar-refractivity contribution >= 4 is 71.6 Å². The van der Waals surface area contributed by atoms with Gasteiger partial charge in [0.1, 0.15) is 16.7 Å². The van der Waals surface area contributed by atoms with Crippen LogP contribution in [-0.4, -0.2) is 4.98 Å². The molecule has 9 aromatic rings. The van der Waals surface area contributed by atoms with Crippen LogP contribution in [0.1, 0.15) is 11.0 Å². The van der Waals surface area contributed by atoms with Crippen molar-refractivity contribution in [2.24, 2.45) is 0 Å². The molecule has 4 nitrogen and oxygen atoms in total. The second-order valence-corrected chi connectivity index (χ2v) is 10.2. The summed E-state index contributed by atoms with van der Waals surface area (Å²) in [6.45, 7) is 0. The van der Waals surface area contributed by atoms with Crippen molar-refractivity contribution in [3.05, 3.63) is 145 Å². The van der Waals surface area contributed by atoms with Crippen LogP contribution >= 0.6 is 0 Å². The van der Waals surface area contributed by atoms with Crippen LogP contribution in [0.15, 0.2) is 154 Å². The Labute approximate surface area is 258 Å². The molecular formula is C39H24N2O2. The van der Waals surface area contributed by atoms with Crippen molar-refractivity contribution in [2.75, 3.05) is 4.90 Å². The van der Waals surface area contributed by atoms with Crippen LogP contribution < -0.4 is 4.90 Å². The molecule has 0 bridgehead atoms. The summed E-state index contributed by atoms with van der Waals surface area (Å²) in [4.78, 5) is 6.80. The minimum atomic E-state index is -0.515. The number of para-hydroxylation sites is 2. The van der Waals surface area contributed by atoms with Crippen LogP contribution in [0.25, 0.3) is 66.0 Å². The average Bonchev–Trinajstić information content (AvgIpc) is 3.76. The van der Waals surface area contributed by atoms with Crippen LogP contribution in [0.4, 0.5) is 17.1 Å². The smallest absolute Gasteiger partial charge is 0.227 e. The standard InChI is InChI=1S/C39H24N2O2/c1-2-10-26(11-3-1)41(28-22-23-32-31-14-8-9-17-35(31)42-36(32)24-28)27-20-18-25(19-21-27)39-40-37-33-15-6-4-12-29(33)30-13-5-7-16-34(30)38(37)43-39/h1-24H/i4D,5D,6D,7D,12D,13D,15D,16D. The third-order valence-corrected chi connectivity index (χ3v) is 7.72. The highest BCUT2D eigenvalue weighted by molar-refractivity contribution is 6.22. The average molecular weight is 561 g/mol. The van der Waals surface area contributed by atoms with Crippen LogP contribution in [0.2, 0.25) is 0 Å². The largest absolute Gasteiger partial charge is 0.456 e. The molecule has 0 saturated heterocycles. The molecule has 0 saturated carbocycles. The van der Waals surface area contributed by atoms with E-state index in [1.807, 2.05) is 91.0 Å². The maximum absolute atomic E-state index is 8.76. The Morgan fingerprint density at radius 2 is 1.14 bits per heavy atom. The lowest BCUT2D eigenvalue weighted by Gasteiger charge is -2.25. The number of nitrogens with zero attached hydrogens (tertiary/aromatic N) is 2. The molecule has 0 aliphatic rings. The van der Waals surface area contributed by atoms with E-state index in [1.54, 1.807) is 0 Å². The lowest BCUT2D eigenvalue weighted by atomic mass is 10.0. The third-order valence-electron chi connectivity index (χ3n) is 7.72. The van der Waals surface area contributed by atoms with Crippen molar-refractivity contribution in [3.63, 3.8) is 0 Å². The number of fused-ring (bicyclic) bond motifs is 9. The Kier molecular flexibility index (Phi) is 3.73. The number of hydrogen-bond donors (Lipinski definition) is 0. The molecule has 2 heterocycles. The molecule has 0 radical (unpaired) electrons. The second-order valence-electron chi connectivity index (χ2n) is 10.2. The molecule has 0 fully saturated rings. The summed E-state index contributed by atoms with van der Waals surface area (Å²) in [5.41, 5.74) is 4.84. The Morgan fingerprint density at radius 3 is 1.95 bits per heavy atom. The summed E-state index contributed by atoms with van der Waals surface area (Å²) in [6, 6.07) is 27.8. The Morgan fingerprint density at radius 1 is 0.512 bits per heavy atom. The number of hydrogen-bond acceptors (Lipinski definition) is 4. The van der Waals surface area contributed by atoms with Crippen LogP contribution in [0.5, 0.6) is 0 Å². The zero-order valence-electron chi connectivity index (χ0n) is 30.4. The molecule has 0 unspecified atom stereocenters. The van der Waals surface area contributed by atoms with Crippen LogP contribution in [0, 0.1) is 0 Å². The fraction of sp³-hybridized carbons (Fsp3) is 0. The summed E-state index contributed by atoms with van der Waals surface area (Å²) in [6.07, 6.45) is 0. The van der Waals surface area contributed by atoms with E-state index < -0.39 is 36.3 Å². The van der Waals surface area contributed by atoms with E-state index in [4.69, 9.17) is 24.8 Å². The van der Waals surface area contributed by atoms with Gasteiger partial charge >= 0.3 is 0 Å². The lowest BCUT2D eigenvalue weighted by molar-refractivity contribution is 0.623. The normalized spacial score (nSPS) is 14.3. The molecule has 43 heavy (non-hydrogen) atoms. The van der Waals surface area contributed by atoms with Gasteiger partial charge in [0.15, 0.2) is 5.58 Å². The zero-order chi connectivity index (χ0) is 35.3. The van der Waals surface area contributed by atoms with Gasteiger partial charge in [-0.25, -0.2) is 4.98 Å². The van der Waals surface area contributed by atoms with Gasteiger partial charge in [-0.3, -0.25) is 0 Å². The molecule has 4 heteroatoms. The van der Waals surface area contributed by atoms with Gasteiger partial charge in [0.2, 0.25) is 5.89 Å². The number of aromatic nitrogens is 1. The van der Waals surface area contributed by atoms with Crippen molar-refractivity contribution in [1.29, 1.82) is 0 Å². The molecule has 2 aromatic heterocycles. The number of oxazole rings is 1. The number of benzene rings is 7. The zero-order valence-corrected chi connectivity index (χ0v) is 22.4. The topological polar surface area (TPSA) is 42.4 Å². The van der Waals surface area contributed by atoms with E-state index in [0.29, 0.717) is 5.56 Å². The highest BCUT2D eigenvalue weighted by Crippen LogP contribution is 2.40. The maximum Gasteiger partial charge on any atom is 0.227 e. The lowest BCUT2D eigenvalue weighted by Crippen LogP contribution is -2.09. The van der Waals surface area contributed by atoms with Gasteiger partial charge in [0, 0.05) is 50.2 Å². The molecule has 202 valence electrons. The van der Waals surface area contributed by atoms with Gasteiger partial charge in [-0.1, -0.05) is 84.7 Å². The first-order valence-corrected chi connectivity index (χ1v) is 13.7. The molecule has 0 atom stereocenters. The first-order chi connectivity index (χ1) is 24.6. The maximum atomic E-state index is 8.76. The summed E-state index contributed by atoms with van der Waals surface area (Å²) in [5, 5.41) is 2.00. The second kappa shape index (κ2) is 9.33. The van der Waals surface area contributed by atoms with E-state index >= 15 is 0 Å². The first kappa shape index (κ1) is 17.2. The molecule has 0 N–H and O–H groups in total. The molecule has 0 aliphatic heterocycles. The molecular weight excluding hydrogens is 528 g/mol. The Hall–Kier alpha value is -5.87. The predicted octanol–water partition coefficient (Wildman–Crippen LogP) is 11.2. The third kappa shape index (κ3) is 3.74. The SMILES string of the molecule is [2H]c1c([2H])c([2H])c2c(c1[2H])c1nc(-c3ccc(N(c4ccccc4)c4ccc5c(c4)oc4ccccc45)cc3)oc1c1c([2H])c([2H])c([2H])c([2H])c12. The van der Waals surface area contributed by atoms with Gasteiger partial charge in [-0.15, -0.1) is 0 Å². The summed E-state index contributed by atoms with van der Waals surface area (Å²) in [7, 11) is 0. The van der Waals surface area contributed by atoms with Crippen molar-refractivity contribution in [3.8, 4) is 11.5 Å². The highest BCUT2D eigenvalue weighted by atomic mass is 16.3. The van der Waals surface area contributed by atoms with Gasteiger partial charge < -0.3 is 13.7 Å². The highest BCUT2D eigenvalue weighted by Gasteiger charge is 2.18. The first-order valence-electron chi connectivity index (χ1n) is 17.7. The minimum Gasteiger partial charge on any atom is -0.456 e. The fourth-order valence-corrected chi connectivity index (χ4v) is 5.76. The van der Waals surface area contributed by atoms with E-state index in [0.717, 1.165) is 39.0 Å². The van der Waals surface area contributed by atoms with Crippen LogP contribution in [0.3, 0.4) is 0 Å². The van der Waals surface area contributed by atoms with Crippen molar-refractivity contribution in [2.45, 2.75) is 0 Å². The number of rotatable bonds is 4. The van der Waals surface area contributed by atoms with Gasteiger partial charge in [-0.2, -0.15) is 0 Å². The molecule has 7 aromatic carbocycles. The molecule has 9 rings (SSSR count). The molecule has 0 aliphatic carbocycles. The number of anilines is 3. The van der Waals surface area contributed by atoms with E-state index in [2.05, 4.69) is 11.0 Å². The minimum absolute atomic E-state index is 0.000123. The Bertz CT molecular complexity index is 2810.